The highest BCUT2D eigenvalue weighted by molar-refractivity contribution is 5.71. The zero-order valence-corrected chi connectivity index (χ0v) is 6.16. The molecule has 0 aromatic carbocycles. The summed E-state index contributed by atoms with van der Waals surface area (Å²) in [6.45, 7) is 0. The van der Waals surface area contributed by atoms with Gasteiger partial charge in [-0.1, -0.05) is 0 Å². The summed E-state index contributed by atoms with van der Waals surface area (Å²) in [6.07, 6.45) is 3.51. The van der Waals surface area contributed by atoms with E-state index in [0.29, 0.717) is 18.4 Å². The van der Waals surface area contributed by atoms with Crippen LogP contribution in [0, 0.1) is 5.92 Å². The fourth-order valence-corrected chi connectivity index (χ4v) is 2.30. The third kappa shape index (κ3) is 0.805. The molecule has 3 aliphatic rings. The summed E-state index contributed by atoms with van der Waals surface area (Å²) in [5.41, 5.74) is 0. The third-order valence-corrected chi connectivity index (χ3v) is 2.86. The number of fused-ring (bicyclic) bond motifs is 4. The summed E-state index contributed by atoms with van der Waals surface area (Å²) >= 11 is 0. The number of hydrogen-bond donors (Lipinski definition) is 0. The highest BCUT2D eigenvalue weighted by Gasteiger charge is 2.54. The number of carbonyl (C=O) groups excluding carboxylic acids is 1. The van der Waals surface area contributed by atoms with Crippen molar-refractivity contribution >= 4 is 5.97 Å². The normalized spacial score (nSPS) is 52.9. The van der Waals surface area contributed by atoms with Gasteiger partial charge in [0.15, 0.2) is 0 Å². The molecule has 0 radical (unpaired) electrons. The highest BCUT2D eigenvalue weighted by Crippen LogP contribution is 2.44. The molecule has 2 bridgehead atoms. The Bertz CT molecular complexity index is 213. The van der Waals surface area contributed by atoms with E-state index in [1.807, 2.05) is 0 Å². The van der Waals surface area contributed by atoms with E-state index in [1.54, 1.807) is 0 Å². The molecular weight excluding hydrogens is 144 g/mol. The second-order valence-corrected chi connectivity index (χ2v) is 3.71. The monoisotopic (exact) mass is 154 g/mol. The van der Waals surface area contributed by atoms with Crippen molar-refractivity contribution in [2.45, 2.75) is 37.6 Å². The van der Waals surface area contributed by atoms with Crippen LogP contribution in [-0.4, -0.2) is 24.3 Å². The molecule has 4 atom stereocenters. The number of esters is 1. The molecule has 3 rings (SSSR count). The van der Waals surface area contributed by atoms with Gasteiger partial charge in [-0.2, -0.15) is 0 Å². The van der Waals surface area contributed by atoms with E-state index in [9.17, 15) is 4.79 Å². The van der Waals surface area contributed by atoms with E-state index < -0.39 is 0 Å². The van der Waals surface area contributed by atoms with Gasteiger partial charge in [-0.25, -0.2) is 0 Å². The second kappa shape index (κ2) is 1.78. The first kappa shape index (κ1) is 6.00. The van der Waals surface area contributed by atoms with E-state index >= 15 is 0 Å². The van der Waals surface area contributed by atoms with Crippen LogP contribution in [0.15, 0.2) is 0 Å². The van der Waals surface area contributed by atoms with Crippen molar-refractivity contribution in [2.24, 2.45) is 5.92 Å². The van der Waals surface area contributed by atoms with E-state index in [4.69, 9.17) is 9.47 Å². The van der Waals surface area contributed by atoms with Gasteiger partial charge in [0.25, 0.3) is 0 Å². The zero-order chi connectivity index (χ0) is 7.42. The number of rotatable bonds is 0. The maximum atomic E-state index is 11.0. The van der Waals surface area contributed by atoms with E-state index in [-0.39, 0.29) is 18.2 Å². The van der Waals surface area contributed by atoms with Crippen LogP contribution >= 0.6 is 0 Å². The molecular formula is C8H10O3. The van der Waals surface area contributed by atoms with E-state index in [0.717, 1.165) is 12.8 Å². The van der Waals surface area contributed by atoms with Gasteiger partial charge in [-0.15, -0.1) is 0 Å². The molecule has 0 spiro atoms. The minimum Gasteiger partial charge on any atom is -0.459 e. The SMILES string of the molecule is O=C1CC2CC(O1)[C@H]1O[C@H]1C2. The molecule has 60 valence electrons. The van der Waals surface area contributed by atoms with Gasteiger partial charge in [-0.05, 0) is 18.8 Å². The van der Waals surface area contributed by atoms with Crippen molar-refractivity contribution in [1.82, 2.24) is 0 Å². The van der Waals surface area contributed by atoms with Crippen LogP contribution in [0.3, 0.4) is 0 Å². The molecule has 3 nitrogen and oxygen atoms in total. The lowest BCUT2D eigenvalue weighted by Gasteiger charge is -2.30. The first-order valence-electron chi connectivity index (χ1n) is 4.18. The van der Waals surface area contributed by atoms with Gasteiger partial charge in [0.1, 0.15) is 12.2 Å². The predicted octanol–water partition coefficient (Wildman–Crippen LogP) is 0.479. The van der Waals surface area contributed by atoms with Crippen LogP contribution in [-0.2, 0) is 14.3 Å². The number of epoxide rings is 1. The molecule has 11 heavy (non-hydrogen) atoms. The van der Waals surface area contributed by atoms with Crippen molar-refractivity contribution in [2.75, 3.05) is 0 Å². The van der Waals surface area contributed by atoms with Gasteiger partial charge < -0.3 is 9.47 Å². The Balaban J connectivity index is 1.85. The van der Waals surface area contributed by atoms with Crippen molar-refractivity contribution in [3.05, 3.63) is 0 Å². The topological polar surface area (TPSA) is 38.8 Å². The molecule has 2 unspecified atom stereocenters. The van der Waals surface area contributed by atoms with Crippen molar-refractivity contribution in [1.29, 1.82) is 0 Å². The van der Waals surface area contributed by atoms with Crippen LogP contribution in [0.4, 0.5) is 0 Å². The molecule has 0 aromatic rings. The lowest BCUT2D eigenvalue weighted by molar-refractivity contribution is -0.159. The van der Waals surface area contributed by atoms with Gasteiger partial charge in [0.05, 0.1) is 6.10 Å². The summed E-state index contributed by atoms with van der Waals surface area (Å²) < 4.78 is 10.5. The quantitative estimate of drug-likeness (QED) is 0.376. The van der Waals surface area contributed by atoms with Crippen molar-refractivity contribution in [3.63, 3.8) is 0 Å². The zero-order valence-electron chi connectivity index (χ0n) is 6.16. The van der Waals surface area contributed by atoms with Crippen LogP contribution in [0.2, 0.25) is 0 Å². The summed E-state index contributed by atoms with van der Waals surface area (Å²) in [7, 11) is 0. The van der Waals surface area contributed by atoms with Crippen molar-refractivity contribution < 1.29 is 14.3 Å². The van der Waals surface area contributed by atoms with Crippen LogP contribution in [0.25, 0.3) is 0 Å². The Kier molecular flexibility index (Phi) is 0.969. The molecule has 3 heteroatoms. The second-order valence-electron chi connectivity index (χ2n) is 3.71. The van der Waals surface area contributed by atoms with E-state index in [1.165, 1.54) is 0 Å². The molecule has 1 aliphatic carbocycles. The lowest BCUT2D eigenvalue weighted by atomic mass is 9.83. The van der Waals surface area contributed by atoms with Crippen LogP contribution in [0.1, 0.15) is 19.3 Å². The fraction of sp³-hybridized carbons (Fsp3) is 0.875. The summed E-state index contributed by atoms with van der Waals surface area (Å²) in [6, 6.07) is 0. The third-order valence-electron chi connectivity index (χ3n) is 2.86. The Hall–Kier alpha value is -0.570. The Morgan fingerprint density at radius 3 is 3.00 bits per heavy atom. The average molecular weight is 154 g/mol. The van der Waals surface area contributed by atoms with Gasteiger partial charge in [0, 0.05) is 6.42 Å². The average Bonchev–Trinajstić information content (AvgIpc) is 2.65. The molecule has 0 N–H and O–H groups in total. The molecule has 2 aliphatic heterocycles. The Morgan fingerprint density at radius 2 is 2.09 bits per heavy atom. The summed E-state index contributed by atoms with van der Waals surface area (Å²) in [5, 5.41) is 0. The van der Waals surface area contributed by atoms with Gasteiger partial charge in [-0.3, -0.25) is 4.79 Å². The smallest absolute Gasteiger partial charge is 0.306 e. The Morgan fingerprint density at radius 1 is 1.27 bits per heavy atom. The fourth-order valence-electron chi connectivity index (χ4n) is 2.30. The minimum atomic E-state index is -0.0276. The number of hydrogen-bond acceptors (Lipinski definition) is 3. The maximum Gasteiger partial charge on any atom is 0.306 e. The molecule has 2 saturated heterocycles. The Labute approximate surface area is 64.7 Å². The predicted molar refractivity (Wildman–Crippen MR) is 35.9 cm³/mol. The molecule has 0 amide bonds. The van der Waals surface area contributed by atoms with Crippen LogP contribution in [0.5, 0.6) is 0 Å². The van der Waals surface area contributed by atoms with Crippen LogP contribution < -0.4 is 0 Å². The largest absolute Gasteiger partial charge is 0.459 e. The van der Waals surface area contributed by atoms with Gasteiger partial charge in [0.2, 0.25) is 0 Å². The summed E-state index contributed by atoms with van der Waals surface area (Å²) in [4.78, 5) is 11.0. The first-order valence-corrected chi connectivity index (χ1v) is 4.18. The standard InChI is InChI=1S/C8H10O3/c9-7-3-4-1-5(10-7)8-6(2-4)11-8/h4-6,8H,1-3H2/t4?,5?,6-,8+/m0/s1. The number of carbonyl (C=O) groups is 1. The molecule has 3 fully saturated rings. The highest BCUT2D eigenvalue weighted by atomic mass is 16.6. The lowest BCUT2D eigenvalue weighted by Crippen LogP contribution is -2.38. The summed E-state index contributed by atoms with van der Waals surface area (Å²) in [5.74, 6) is 0.519. The minimum absolute atomic E-state index is 0.0276. The first-order chi connectivity index (χ1) is 5.33. The molecule has 2 heterocycles. The van der Waals surface area contributed by atoms with Gasteiger partial charge >= 0.3 is 5.97 Å². The van der Waals surface area contributed by atoms with Crippen molar-refractivity contribution in [3.8, 4) is 0 Å². The maximum absolute atomic E-state index is 11.0. The van der Waals surface area contributed by atoms with E-state index in [2.05, 4.69) is 0 Å². The molecule has 1 saturated carbocycles. The number of ether oxygens (including phenoxy) is 2. The molecule has 0 aromatic heterocycles.